The lowest BCUT2D eigenvalue weighted by molar-refractivity contribution is -0.0263. The molecule has 0 aliphatic carbocycles. The Balaban J connectivity index is 1.82. The zero-order valence-corrected chi connectivity index (χ0v) is 9.81. The van der Waals surface area contributed by atoms with Gasteiger partial charge in [-0.15, -0.1) is 0 Å². The quantitative estimate of drug-likeness (QED) is 0.760. The molecule has 2 unspecified atom stereocenters. The molecule has 5 nitrogen and oxygen atoms in total. The normalized spacial score (nSPS) is 29.8. The van der Waals surface area contributed by atoms with E-state index in [2.05, 4.69) is 10.3 Å². The average molecular weight is 225 g/mol. The summed E-state index contributed by atoms with van der Waals surface area (Å²) in [6, 6.07) is 0. The van der Waals surface area contributed by atoms with Gasteiger partial charge < -0.3 is 19.7 Å². The van der Waals surface area contributed by atoms with Crippen LogP contribution in [0.4, 0.5) is 0 Å². The van der Waals surface area contributed by atoms with Crippen molar-refractivity contribution >= 4 is 0 Å². The van der Waals surface area contributed by atoms with Crippen LogP contribution in [0.25, 0.3) is 0 Å². The molecule has 2 atom stereocenters. The van der Waals surface area contributed by atoms with Crippen LogP contribution in [0.2, 0.25) is 0 Å². The van der Waals surface area contributed by atoms with Gasteiger partial charge in [0.05, 0.1) is 18.1 Å². The van der Waals surface area contributed by atoms with Crippen molar-refractivity contribution in [2.75, 3.05) is 13.2 Å². The summed E-state index contributed by atoms with van der Waals surface area (Å²) in [7, 11) is 1.96. The second-order valence-electron chi connectivity index (χ2n) is 4.47. The summed E-state index contributed by atoms with van der Waals surface area (Å²) in [6.45, 7) is 3.83. The largest absolute Gasteiger partial charge is 0.386 e. The Morgan fingerprint density at radius 3 is 3.12 bits per heavy atom. The van der Waals surface area contributed by atoms with Gasteiger partial charge in [0, 0.05) is 39.4 Å². The van der Waals surface area contributed by atoms with Crippen molar-refractivity contribution in [2.24, 2.45) is 7.05 Å². The molecule has 1 saturated heterocycles. The van der Waals surface area contributed by atoms with E-state index < -0.39 is 5.60 Å². The van der Waals surface area contributed by atoms with E-state index in [4.69, 9.17) is 4.74 Å². The van der Waals surface area contributed by atoms with E-state index in [-0.39, 0.29) is 6.10 Å². The first kappa shape index (κ1) is 11.6. The SMILES string of the molecule is CC1OCCC1(O)CNCc1cncn1C. The zero-order valence-electron chi connectivity index (χ0n) is 9.81. The van der Waals surface area contributed by atoms with Gasteiger partial charge in [0.15, 0.2) is 0 Å². The second kappa shape index (κ2) is 4.53. The van der Waals surface area contributed by atoms with Crippen LogP contribution in [0.1, 0.15) is 19.0 Å². The van der Waals surface area contributed by atoms with Crippen molar-refractivity contribution in [2.45, 2.75) is 31.6 Å². The summed E-state index contributed by atoms with van der Waals surface area (Å²) in [5, 5.41) is 13.5. The van der Waals surface area contributed by atoms with Crippen molar-refractivity contribution < 1.29 is 9.84 Å². The van der Waals surface area contributed by atoms with Crippen LogP contribution in [-0.2, 0) is 18.3 Å². The molecule has 1 fully saturated rings. The second-order valence-corrected chi connectivity index (χ2v) is 4.47. The summed E-state index contributed by atoms with van der Waals surface area (Å²) in [4.78, 5) is 4.04. The van der Waals surface area contributed by atoms with Gasteiger partial charge in [0.25, 0.3) is 0 Å². The van der Waals surface area contributed by atoms with Gasteiger partial charge in [-0.05, 0) is 6.92 Å². The number of aliphatic hydroxyl groups is 1. The Morgan fingerprint density at radius 2 is 2.56 bits per heavy atom. The Morgan fingerprint density at radius 1 is 1.75 bits per heavy atom. The number of imidazole rings is 1. The summed E-state index contributed by atoms with van der Waals surface area (Å²) in [6.07, 6.45) is 4.21. The van der Waals surface area contributed by atoms with E-state index in [9.17, 15) is 5.11 Å². The molecule has 2 N–H and O–H groups in total. The van der Waals surface area contributed by atoms with Crippen LogP contribution in [0, 0.1) is 0 Å². The number of nitrogens with zero attached hydrogens (tertiary/aromatic N) is 2. The van der Waals surface area contributed by atoms with E-state index in [1.165, 1.54) is 0 Å². The average Bonchev–Trinajstić information content (AvgIpc) is 2.77. The predicted octanol–water partition coefficient (Wildman–Crippen LogP) is 0.0496. The fourth-order valence-electron chi connectivity index (χ4n) is 1.96. The van der Waals surface area contributed by atoms with Crippen LogP contribution in [0.5, 0.6) is 0 Å². The molecule has 2 rings (SSSR count). The number of ether oxygens (including phenoxy) is 1. The third-order valence-corrected chi connectivity index (χ3v) is 3.31. The van der Waals surface area contributed by atoms with Crippen molar-refractivity contribution in [3.8, 4) is 0 Å². The van der Waals surface area contributed by atoms with Gasteiger partial charge in [0.2, 0.25) is 0 Å². The fraction of sp³-hybridized carbons (Fsp3) is 0.727. The molecule has 0 spiro atoms. The summed E-state index contributed by atoms with van der Waals surface area (Å²) in [5.74, 6) is 0. The minimum Gasteiger partial charge on any atom is -0.386 e. The molecule has 1 aliphatic rings. The first-order valence-corrected chi connectivity index (χ1v) is 5.62. The lowest BCUT2D eigenvalue weighted by Gasteiger charge is -2.26. The lowest BCUT2D eigenvalue weighted by atomic mass is 9.97. The van der Waals surface area contributed by atoms with Crippen molar-refractivity contribution in [3.63, 3.8) is 0 Å². The van der Waals surface area contributed by atoms with Crippen molar-refractivity contribution in [3.05, 3.63) is 18.2 Å². The maximum absolute atomic E-state index is 10.2. The maximum atomic E-state index is 10.2. The van der Waals surface area contributed by atoms with Gasteiger partial charge in [-0.3, -0.25) is 0 Å². The minimum atomic E-state index is -0.724. The van der Waals surface area contributed by atoms with Gasteiger partial charge in [0.1, 0.15) is 5.60 Å². The van der Waals surface area contributed by atoms with E-state index in [1.807, 2.05) is 24.7 Å². The molecular formula is C11H19N3O2. The fourth-order valence-corrected chi connectivity index (χ4v) is 1.96. The Bertz CT molecular complexity index is 353. The highest BCUT2D eigenvalue weighted by Crippen LogP contribution is 2.24. The van der Waals surface area contributed by atoms with Crippen molar-refractivity contribution in [1.29, 1.82) is 0 Å². The molecule has 1 aromatic heterocycles. The molecule has 1 aromatic rings. The molecule has 1 aliphatic heterocycles. The number of hydrogen-bond acceptors (Lipinski definition) is 4. The van der Waals surface area contributed by atoms with Gasteiger partial charge in [-0.25, -0.2) is 4.98 Å². The highest BCUT2D eigenvalue weighted by Gasteiger charge is 2.38. The molecule has 0 aromatic carbocycles. The van der Waals surface area contributed by atoms with Crippen LogP contribution >= 0.6 is 0 Å². The molecule has 2 heterocycles. The number of hydrogen-bond donors (Lipinski definition) is 2. The molecule has 0 amide bonds. The monoisotopic (exact) mass is 225 g/mol. The van der Waals surface area contributed by atoms with Crippen LogP contribution in [0.15, 0.2) is 12.5 Å². The van der Waals surface area contributed by atoms with E-state index in [1.54, 1.807) is 6.33 Å². The summed E-state index contributed by atoms with van der Waals surface area (Å²) < 4.78 is 7.34. The zero-order chi connectivity index (χ0) is 11.6. The molecule has 90 valence electrons. The predicted molar refractivity (Wildman–Crippen MR) is 59.9 cm³/mol. The molecule has 16 heavy (non-hydrogen) atoms. The first-order chi connectivity index (χ1) is 7.62. The Hall–Kier alpha value is -0.910. The third-order valence-electron chi connectivity index (χ3n) is 3.31. The standard InChI is InChI=1S/C11H19N3O2/c1-9-11(15,3-4-16-9)7-12-5-10-6-13-8-14(10)2/h6,8-9,12,15H,3-5,7H2,1-2H3. The highest BCUT2D eigenvalue weighted by molar-refractivity contribution is 4.98. The topological polar surface area (TPSA) is 59.3 Å². The minimum absolute atomic E-state index is 0.0912. The maximum Gasteiger partial charge on any atom is 0.105 e. The Kier molecular flexibility index (Phi) is 3.28. The van der Waals surface area contributed by atoms with E-state index in [0.29, 0.717) is 26.1 Å². The van der Waals surface area contributed by atoms with Crippen molar-refractivity contribution in [1.82, 2.24) is 14.9 Å². The Labute approximate surface area is 95.4 Å². The molecule has 5 heteroatoms. The van der Waals surface area contributed by atoms with E-state index in [0.717, 1.165) is 5.69 Å². The summed E-state index contributed by atoms with van der Waals surface area (Å²) in [5.41, 5.74) is 0.383. The van der Waals surface area contributed by atoms with Crippen LogP contribution in [-0.4, -0.2) is 39.5 Å². The molecule has 0 bridgehead atoms. The van der Waals surface area contributed by atoms with Crippen LogP contribution in [0.3, 0.4) is 0 Å². The smallest absolute Gasteiger partial charge is 0.105 e. The first-order valence-electron chi connectivity index (χ1n) is 5.62. The van der Waals surface area contributed by atoms with Gasteiger partial charge >= 0.3 is 0 Å². The van der Waals surface area contributed by atoms with Crippen LogP contribution < -0.4 is 5.32 Å². The molecule has 0 radical (unpaired) electrons. The van der Waals surface area contributed by atoms with Gasteiger partial charge in [-0.1, -0.05) is 0 Å². The lowest BCUT2D eigenvalue weighted by Crippen LogP contribution is -2.45. The number of rotatable bonds is 4. The highest BCUT2D eigenvalue weighted by atomic mass is 16.5. The third kappa shape index (κ3) is 2.26. The number of aromatic nitrogens is 2. The number of nitrogens with one attached hydrogen (secondary N) is 1. The molecular weight excluding hydrogens is 206 g/mol. The summed E-state index contributed by atoms with van der Waals surface area (Å²) >= 11 is 0. The molecule has 0 saturated carbocycles. The van der Waals surface area contributed by atoms with Gasteiger partial charge in [-0.2, -0.15) is 0 Å². The number of aryl methyl sites for hydroxylation is 1. The van der Waals surface area contributed by atoms with E-state index >= 15 is 0 Å².